The summed E-state index contributed by atoms with van der Waals surface area (Å²) in [5.74, 6) is -4.89. The van der Waals surface area contributed by atoms with Crippen molar-refractivity contribution in [3.8, 4) is 0 Å². The molecule has 0 aliphatic rings. The molecular formula is C46H36Cl4F6N8O6. The molecule has 0 aromatic heterocycles. The molecular weight excluding hydrogens is 1020 g/mol. The first-order chi connectivity index (χ1) is 32.8. The van der Waals surface area contributed by atoms with Crippen LogP contribution in [-0.4, -0.2) is 47.3 Å². The van der Waals surface area contributed by atoms with Crippen molar-refractivity contribution in [1.29, 1.82) is 0 Å². The van der Waals surface area contributed by atoms with Gasteiger partial charge in [0.05, 0.1) is 43.9 Å². The molecule has 0 saturated heterocycles. The van der Waals surface area contributed by atoms with Crippen LogP contribution < -0.4 is 21.3 Å². The predicted octanol–water partition coefficient (Wildman–Crippen LogP) is 13.3. The van der Waals surface area contributed by atoms with Crippen LogP contribution in [0.4, 0.5) is 60.5 Å². The number of ketones is 2. The Morgan fingerprint density at radius 2 is 0.857 bits per heavy atom. The summed E-state index contributed by atoms with van der Waals surface area (Å²) in [4.78, 5) is 78.7. The molecule has 0 aliphatic heterocycles. The van der Waals surface area contributed by atoms with E-state index in [-0.39, 0.29) is 78.2 Å². The maximum Gasteiger partial charge on any atom is 0.416 e. The summed E-state index contributed by atoms with van der Waals surface area (Å²) in [7, 11) is 0. The van der Waals surface area contributed by atoms with E-state index in [4.69, 9.17) is 46.4 Å². The lowest BCUT2D eigenvalue weighted by molar-refractivity contribution is -0.138. The van der Waals surface area contributed by atoms with E-state index in [9.17, 15) is 55.1 Å². The van der Waals surface area contributed by atoms with Gasteiger partial charge >= 0.3 is 12.4 Å². The summed E-state index contributed by atoms with van der Waals surface area (Å²) in [5, 5.41) is 25.1. The quantitative estimate of drug-likeness (QED) is 0.0430. The van der Waals surface area contributed by atoms with Crippen molar-refractivity contribution < 1.29 is 55.1 Å². The van der Waals surface area contributed by atoms with Crippen LogP contribution in [0.2, 0.25) is 20.1 Å². The lowest BCUT2D eigenvalue weighted by Crippen LogP contribution is -2.33. The Hall–Kier alpha value is -6.74. The number of hydrogen-bond donors (Lipinski definition) is 4. The van der Waals surface area contributed by atoms with E-state index in [0.29, 0.717) is 23.3 Å². The molecule has 5 aromatic rings. The predicted molar refractivity (Wildman–Crippen MR) is 252 cm³/mol. The fourth-order valence-corrected chi connectivity index (χ4v) is 7.21. The van der Waals surface area contributed by atoms with E-state index in [1.165, 1.54) is 36.4 Å². The van der Waals surface area contributed by atoms with E-state index in [1.807, 2.05) is 0 Å². The van der Waals surface area contributed by atoms with Gasteiger partial charge in [-0.3, -0.25) is 28.8 Å². The average molecular weight is 1050 g/mol. The standard InChI is InChI=1S/C46H36Cl4F6N8O6/c1-5-23-15-38(60-44(70)40(22(4)66)64-62-32-14-26(12-30(48)20-32)42(68)58-36-10-8-28(18-34(36)50)46(54,55)56)24(6-2)16-37(23)59-43(69)39(21(3)65)63-61-31-13-25(11-29(47)19-31)41(67)57-35-9-7-27(17-33(35)49)45(51,52)53/h7-20,39-40H,5-6H2,1-4H3,(H,57,67)(H,58,68)(H,59,69)(H,60,70). The Balaban J connectivity index is 1.30. The Bertz CT molecular complexity index is 2770. The van der Waals surface area contributed by atoms with E-state index in [2.05, 4.69) is 41.7 Å². The van der Waals surface area contributed by atoms with Crippen LogP contribution >= 0.6 is 46.4 Å². The first kappa shape index (κ1) is 54.2. The van der Waals surface area contributed by atoms with Gasteiger partial charge in [-0.1, -0.05) is 60.3 Å². The van der Waals surface area contributed by atoms with Gasteiger partial charge < -0.3 is 21.3 Å². The highest BCUT2D eigenvalue weighted by atomic mass is 35.5. The van der Waals surface area contributed by atoms with Gasteiger partial charge in [0.25, 0.3) is 23.6 Å². The van der Waals surface area contributed by atoms with Crippen molar-refractivity contribution in [2.45, 2.75) is 65.0 Å². The molecule has 0 fully saturated rings. The van der Waals surface area contributed by atoms with Crippen LogP contribution in [0.15, 0.2) is 105 Å². The van der Waals surface area contributed by atoms with Crippen LogP contribution in [0, 0.1) is 0 Å². The number of alkyl halides is 6. The second kappa shape index (κ2) is 22.8. The van der Waals surface area contributed by atoms with Crippen molar-refractivity contribution in [1.82, 2.24) is 0 Å². The van der Waals surface area contributed by atoms with Crippen LogP contribution in [0.25, 0.3) is 0 Å². The fourth-order valence-electron chi connectivity index (χ4n) is 6.30. The smallest absolute Gasteiger partial charge is 0.323 e. The monoisotopic (exact) mass is 1050 g/mol. The molecule has 70 heavy (non-hydrogen) atoms. The number of nitrogens with zero attached hydrogens (tertiary/aromatic N) is 4. The minimum Gasteiger partial charge on any atom is -0.323 e. The number of aryl methyl sites for hydroxylation is 2. The van der Waals surface area contributed by atoms with Gasteiger partial charge in [-0.15, -0.1) is 0 Å². The van der Waals surface area contributed by atoms with Gasteiger partial charge in [0.2, 0.25) is 12.1 Å². The SMILES string of the molecule is CCc1cc(NC(=O)C(N=Nc2cc(Cl)cc(C(=O)Nc3ccc(C(F)(F)F)cc3Cl)c2)C(C)=O)c(CC)cc1NC(=O)C(N=Nc1cc(Cl)cc(C(=O)Nc2ccc(C(F)(F)F)cc2Cl)c1)C(C)=O. The molecule has 4 amide bonds. The van der Waals surface area contributed by atoms with Crippen LogP contribution in [0.5, 0.6) is 0 Å². The largest absolute Gasteiger partial charge is 0.416 e. The summed E-state index contributed by atoms with van der Waals surface area (Å²) >= 11 is 24.4. The lowest BCUT2D eigenvalue weighted by Gasteiger charge is -2.18. The third kappa shape index (κ3) is 14.2. The Labute approximate surface area is 414 Å². The maximum atomic E-state index is 13.6. The first-order valence-electron chi connectivity index (χ1n) is 20.3. The number of amides is 4. The number of azo groups is 2. The maximum absolute atomic E-state index is 13.6. The number of Topliss-reactive ketones (excluding diaryl/α,β-unsaturated/α-hetero) is 2. The van der Waals surface area contributed by atoms with Crippen molar-refractivity contribution in [2.75, 3.05) is 21.3 Å². The molecule has 5 aromatic carbocycles. The number of hydrogen-bond acceptors (Lipinski definition) is 10. The van der Waals surface area contributed by atoms with Crippen molar-refractivity contribution in [3.63, 3.8) is 0 Å². The van der Waals surface area contributed by atoms with Crippen LogP contribution in [-0.2, 0) is 44.4 Å². The number of halogens is 10. The molecule has 14 nitrogen and oxygen atoms in total. The number of carbonyl (C=O) groups is 6. The summed E-state index contributed by atoms with van der Waals surface area (Å²) in [6.07, 6.45) is -8.77. The van der Waals surface area contributed by atoms with E-state index in [0.717, 1.165) is 38.1 Å². The summed E-state index contributed by atoms with van der Waals surface area (Å²) in [6, 6.07) is 11.8. The molecule has 2 unspecified atom stereocenters. The Morgan fingerprint density at radius 3 is 1.16 bits per heavy atom. The zero-order valence-corrected chi connectivity index (χ0v) is 39.7. The number of anilines is 4. The summed E-state index contributed by atoms with van der Waals surface area (Å²) in [5.41, 5.74) is -1.21. The van der Waals surface area contributed by atoms with Gasteiger partial charge in [-0.2, -0.15) is 46.8 Å². The highest BCUT2D eigenvalue weighted by Gasteiger charge is 2.32. The van der Waals surface area contributed by atoms with E-state index in [1.54, 1.807) is 26.0 Å². The van der Waals surface area contributed by atoms with Gasteiger partial charge in [0.1, 0.15) is 0 Å². The number of benzene rings is 5. The molecule has 0 spiro atoms. The first-order valence-corrected chi connectivity index (χ1v) is 21.9. The normalized spacial score (nSPS) is 12.7. The zero-order chi connectivity index (χ0) is 51.8. The van der Waals surface area contributed by atoms with Crippen molar-refractivity contribution >= 4 is 116 Å². The molecule has 366 valence electrons. The molecule has 0 saturated carbocycles. The second-order valence-corrected chi connectivity index (χ2v) is 16.7. The minimum absolute atomic E-state index is 0.0137. The Morgan fingerprint density at radius 1 is 0.500 bits per heavy atom. The summed E-state index contributed by atoms with van der Waals surface area (Å²) < 4.78 is 78.5. The molecule has 2 atom stereocenters. The van der Waals surface area contributed by atoms with Gasteiger partial charge in [-0.25, -0.2) is 0 Å². The van der Waals surface area contributed by atoms with E-state index >= 15 is 0 Å². The molecule has 5 rings (SSSR count). The number of rotatable bonds is 16. The highest BCUT2D eigenvalue weighted by Crippen LogP contribution is 2.36. The third-order valence-electron chi connectivity index (χ3n) is 9.83. The lowest BCUT2D eigenvalue weighted by atomic mass is 10.0. The number of carbonyl (C=O) groups excluding carboxylic acids is 6. The second-order valence-electron chi connectivity index (χ2n) is 15.0. The van der Waals surface area contributed by atoms with Gasteiger partial charge in [0.15, 0.2) is 11.6 Å². The van der Waals surface area contributed by atoms with Crippen LogP contribution in [0.3, 0.4) is 0 Å². The van der Waals surface area contributed by atoms with E-state index < -0.39 is 70.8 Å². The molecule has 0 aliphatic carbocycles. The molecule has 24 heteroatoms. The number of nitrogens with one attached hydrogen (secondary N) is 4. The molecule has 4 N–H and O–H groups in total. The topological polar surface area (TPSA) is 200 Å². The van der Waals surface area contributed by atoms with Gasteiger partial charge in [0, 0.05) is 32.5 Å². The molecule has 0 bridgehead atoms. The van der Waals surface area contributed by atoms with Crippen LogP contribution in [0.1, 0.15) is 70.7 Å². The zero-order valence-electron chi connectivity index (χ0n) is 36.7. The Kier molecular flexibility index (Phi) is 17.6. The molecule has 0 heterocycles. The van der Waals surface area contributed by atoms with Gasteiger partial charge in [-0.05, 0) is 123 Å². The summed E-state index contributed by atoms with van der Waals surface area (Å²) in [6.45, 7) is 5.68. The average Bonchev–Trinajstić information content (AvgIpc) is 3.26. The molecule has 0 radical (unpaired) electrons. The third-order valence-corrected chi connectivity index (χ3v) is 10.9. The minimum atomic E-state index is -4.67. The highest BCUT2D eigenvalue weighted by molar-refractivity contribution is 6.35. The van der Waals surface area contributed by atoms with Crippen molar-refractivity contribution in [2.24, 2.45) is 20.5 Å². The fraction of sp³-hybridized carbons (Fsp3) is 0.217. The van der Waals surface area contributed by atoms with Crippen molar-refractivity contribution in [3.05, 3.63) is 138 Å².